The van der Waals surface area contributed by atoms with Gasteiger partial charge in [0.15, 0.2) is 5.69 Å². The van der Waals surface area contributed by atoms with E-state index < -0.39 is 92.5 Å². The summed E-state index contributed by atoms with van der Waals surface area (Å²) in [7, 11) is -3.95. The molecule has 57 heavy (non-hydrogen) atoms. The second-order valence-electron chi connectivity index (χ2n) is 16.9. The molecule has 3 N–H and O–H groups in total. The third kappa shape index (κ3) is 8.58. The monoisotopic (exact) mass is 812 g/mol. The third-order valence-corrected chi connectivity index (χ3v) is 14.3. The Morgan fingerprint density at radius 1 is 0.912 bits per heavy atom. The average Bonchev–Trinajstić information content (AvgIpc) is 4.10. The van der Waals surface area contributed by atoms with Crippen LogP contribution in [0, 0.1) is 17.3 Å². The Labute approximate surface area is 330 Å². The number of rotatable bonds is 3. The number of amides is 4. The Balaban J connectivity index is 1.16. The standard InChI is InChI=1S/C40H50F2N6O8S/c41-40(42)18-10-4-9-17-38(19-20-38)24-55-37(52)45-30-14-6-3-1-2-5-11-25-21-39(25,36(51)47-57(53,54)26-15-16-26)46-33(49)27-22-48(35(30)50)23-31(27)56-34-32(40)43-28-12-7-8-13-29(28)44-34/h5,7-8,11-13,25-27,30-31H,1-4,6,9-10,14-24H2,(H,45,52)(H,46,49)(H,47,51)/b11-5+/t25-,27?,30+,31+,39-/m1/s1. The van der Waals surface area contributed by atoms with Gasteiger partial charge in [-0.1, -0.05) is 50.0 Å². The number of aromatic nitrogens is 2. The van der Waals surface area contributed by atoms with Gasteiger partial charge in [-0.15, -0.1) is 0 Å². The van der Waals surface area contributed by atoms with Crippen LogP contribution >= 0.6 is 0 Å². The second-order valence-corrected chi connectivity index (χ2v) is 18.9. The molecule has 1 saturated heterocycles. The minimum Gasteiger partial charge on any atom is -0.470 e. The van der Waals surface area contributed by atoms with Gasteiger partial charge in [-0.3, -0.25) is 19.1 Å². The first-order valence-corrected chi connectivity index (χ1v) is 21.9. The van der Waals surface area contributed by atoms with Crippen molar-refractivity contribution in [1.82, 2.24) is 30.2 Å². The van der Waals surface area contributed by atoms with Gasteiger partial charge in [-0.2, -0.15) is 8.78 Å². The van der Waals surface area contributed by atoms with Gasteiger partial charge < -0.3 is 25.0 Å². The number of hydrogen-bond acceptors (Lipinski definition) is 10. The van der Waals surface area contributed by atoms with Gasteiger partial charge in [-0.05, 0) is 76.3 Å². The molecule has 4 fully saturated rings. The highest BCUT2D eigenvalue weighted by molar-refractivity contribution is 7.91. The lowest BCUT2D eigenvalue weighted by atomic mass is 9.97. The van der Waals surface area contributed by atoms with Crippen LogP contribution in [0.2, 0.25) is 0 Å². The van der Waals surface area contributed by atoms with Crippen molar-refractivity contribution in [1.29, 1.82) is 0 Å². The van der Waals surface area contributed by atoms with E-state index >= 15 is 8.78 Å². The number of hydrogen-bond donors (Lipinski definition) is 3. The number of ether oxygens (including phenoxy) is 2. The van der Waals surface area contributed by atoms with Crippen molar-refractivity contribution in [2.45, 2.75) is 125 Å². The zero-order valence-electron chi connectivity index (χ0n) is 31.9. The largest absolute Gasteiger partial charge is 0.470 e. The topological polar surface area (TPSA) is 186 Å². The SMILES string of the molecule is O=C1N[C@H]2CCCCC/C=C/[C@@H]3C[C@@]3(C(=O)NS(=O)(=O)C3CC3)NC(=O)C3CN(C[C@@H]3Oc3nc4ccccc4nc3C(F)(F)CCCCCC3(CC3)CO1)C2=O. The zero-order valence-corrected chi connectivity index (χ0v) is 32.7. The van der Waals surface area contributed by atoms with Crippen LogP contribution in [0.3, 0.4) is 0 Å². The number of nitrogens with one attached hydrogen (secondary N) is 3. The molecule has 2 aromatic rings. The van der Waals surface area contributed by atoms with Crippen molar-refractivity contribution in [3.05, 3.63) is 42.1 Å². The molecule has 3 saturated carbocycles. The van der Waals surface area contributed by atoms with Crippen LogP contribution in [0.1, 0.15) is 102 Å². The summed E-state index contributed by atoms with van der Waals surface area (Å²) in [6.07, 6.45) is 9.08. The molecular formula is C40H50F2N6O8S. The fraction of sp³-hybridized carbons (Fsp3) is 0.650. The first-order valence-electron chi connectivity index (χ1n) is 20.4. The van der Waals surface area contributed by atoms with Gasteiger partial charge in [0.2, 0.25) is 27.7 Å². The zero-order chi connectivity index (χ0) is 40.0. The Hall–Kier alpha value is -4.41. The Morgan fingerprint density at radius 3 is 2.40 bits per heavy atom. The molecule has 3 aliphatic heterocycles. The van der Waals surface area contributed by atoms with Gasteiger partial charge in [0, 0.05) is 24.3 Å². The number of cyclic esters (lactones) is 1. The number of alkyl halides is 2. The normalized spacial score (nSPS) is 31.3. The highest BCUT2D eigenvalue weighted by Crippen LogP contribution is 2.50. The van der Waals surface area contributed by atoms with Crippen LogP contribution in [0.4, 0.5) is 13.6 Å². The summed E-state index contributed by atoms with van der Waals surface area (Å²) in [5, 5.41) is 4.92. The molecule has 8 rings (SSSR count). The van der Waals surface area contributed by atoms with Crippen LogP contribution in [0.5, 0.6) is 5.88 Å². The van der Waals surface area contributed by atoms with Crippen molar-refractivity contribution in [2.75, 3.05) is 19.7 Å². The van der Waals surface area contributed by atoms with E-state index in [4.69, 9.17) is 9.47 Å². The van der Waals surface area contributed by atoms with Crippen molar-refractivity contribution >= 4 is 44.9 Å². The van der Waals surface area contributed by atoms with Gasteiger partial charge >= 0.3 is 6.09 Å². The Morgan fingerprint density at radius 2 is 1.65 bits per heavy atom. The van der Waals surface area contributed by atoms with E-state index in [2.05, 4.69) is 25.3 Å². The summed E-state index contributed by atoms with van der Waals surface area (Å²) in [6, 6.07) is 5.55. The number of alkyl carbamates (subject to hydrolysis) is 1. The minimum absolute atomic E-state index is 0.143. The molecule has 14 nitrogen and oxygen atoms in total. The van der Waals surface area contributed by atoms with Crippen molar-refractivity contribution in [2.24, 2.45) is 17.3 Å². The molecule has 1 spiro atoms. The van der Waals surface area contributed by atoms with Gasteiger partial charge in [0.1, 0.15) is 17.7 Å². The smallest absolute Gasteiger partial charge is 0.407 e. The van der Waals surface area contributed by atoms with Crippen LogP contribution in [-0.4, -0.2) is 89.7 Å². The summed E-state index contributed by atoms with van der Waals surface area (Å²) in [4.78, 5) is 66.0. The minimum atomic E-state index is -3.95. The molecule has 308 valence electrons. The fourth-order valence-electron chi connectivity index (χ4n) is 8.46. The molecular weight excluding hydrogens is 763 g/mol. The molecule has 6 aliphatic rings. The summed E-state index contributed by atoms with van der Waals surface area (Å²) >= 11 is 0. The lowest BCUT2D eigenvalue weighted by Crippen LogP contribution is -2.55. The molecule has 17 heteroatoms. The molecule has 4 bridgehead atoms. The van der Waals surface area contributed by atoms with E-state index in [1.165, 1.54) is 4.90 Å². The van der Waals surface area contributed by atoms with Crippen molar-refractivity contribution in [3.8, 4) is 5.88 Å². The predicted molar refractivity (Wildman–Crippen MR) is 202 cm³/mol. The first kappa shape index (κ1) is 39.4. The van der Waals surface area contributed by atoms with Gasteiger partial charge in [-0.25, -0.2) is 23.2 Å². The predicted octanol–water partition coefficient (Wildman–Crippen LogP) is 4.77. The molecule has 1 aromatic heterocycles. The highest BCUT2D eigenvalue weighted by Gasteiger charge is 2.62. The van der Waals surface area contributed by atoms with E-state index in [1.54, 1.807) is 24.3 Å². The average molecular weight is 813 g/mol. The van der Waals surface area contributed by atoms with E-state index in [1.807, 2.05) is 12.2 Å². The number of para-hydroxylation sites is 2. The summed E-state index contributed by atoms with van der Waals surface area (Å²) in [5.74, 6) is -7.71. The lowest BCUT2D eigenvalue weighted by molar-refractivity contribution is -0.134. The number of allylic oxidation sites excluding steroid dienone is 1. The number of sulfonamides is 1. The maximum Gasteiger partial charge on any atom is 0.407 e. The maximum atomic E-state index is 16.3. The quantitative estimate of drug-likeness (QED) is 0.365. The molecule has 5 atom stereocenters. The van der Waals surface area contributed by atoms with Crippen LogP contribution in [0.25, 0.3) is 11.0 Å². The van der Waals surface area contributed by atoms with Gasteiger partial charge in [0.25, 0.3) is 11.8 Å². The summed E-state index contributed by atoms with van der Waals surface area (Å²) in [5.41, 5.74) is -1.94. The summed E-state index contributed by atoms with van der Waals surface area (Å²) in [6.45, 7) is -0.305. The number of carbonyl (C=O) groups excluding carboxylic acids is 4. The number of fused-ring (bicyclic) bond motifs is 7. The molecule has 1 unspecified atom stereocenters. The first-order chi connectivity index (χ1) is 27.3. The highest BCUT2D eigenvalue weighted by atomic mass is 32.2. The molecule has 1 aromatic carbocycles. The Kier molecular flexibility index (Phi) is 10.7. The molecule has 4 amide bonds. The van der Waals surface area contributed by atoms with Crippen LogP contribution in [0.15, 0.2) is 36.4 Å². The third-order valence-electron chi connectivity index (χ3n) is 12.5. The van der Waals surface area contributed by atoms with Crippen LogP contribution in [-0.2, 0) is 35.1 Å². The molecule has 3 aliphatic carbocycles. The van der Waals surface area contributed by atoms with E-state index in [0.29, 0.717) is 50.5 Å². The molecule has 0 radical (unpaired) electrons. The maximum absolute atomic E-state index is 16.3. The van der Waals surface area contributed by atoms with Crippen molar-refractivity contribution < 1.29 is 45.9 Å². The Bertz CT molecular complexity index is 2060. The van der Waals surface area contributed by atoms with E-state index in [9.17, 15) is 27.6 Å². The van der Waals surface area contributed by atoms with Gasteiger partial charge in [0.05, 0.1) is 35.4 Å². The van der Waals surface area contributed by atoms with E-state index in [-0.39, 0.29) is 43.5 Å². The summed E-state index contributed by atoms with van der Waals surface area (Å²) < 4.78 is 72.5. The van der Waals surface area contributed by atoms with Crippen LogP contribution < -0.4 is 20.1 Å². The van der Waals surface area contributed by atoms with Crippen molar-refractivity contribution in [3.63, 3.8) is 0 Å². The lowest BCUT2D eigenvalue weighted by Gasteiger charge is -2.25. The fourth-order valence-corrected chi connectivity index (χ4v) is 9.83. The molecule has 4 heterocycles. The van der Waals surface area contributed by atoms with E-state index in [0.717, 1.165) is 32.1 Å². The number of carbonyl (C=O) groups is 4. The number of nitrogens with zero attached hydrogens (tertiary/aromatic N) is 3. The second kappa shape index (κ2) is 15.4. The number of benzene rings is 1. The number of halogens is 2.